The minimum atomic E-state index is 0.759. The molecule has 0 aromatic rings. The lowest BCUT2D eigenvalue weighted by Gasteiger charge is -2.45. The minimum Gasteiger partial charge on any atom is -0.330 e. The third-order valence-electron chi connectivity index (χ3n) is 5.30. The molecule has 0 radical (unpaired) electrons. The highest BCUT2D eigenvalue weighted by Crippen LogP contribution is 2.44. The van der Waals surface area contributed by atoms with Gasteiger partial charge in [-0.3, -0.25) is 0 Å². The van der Waals surface area contributed by atoms with Gasteiger partial charge in [-0.1, -0.05) is 26.2 Å². The number of nitrogens with two attached hydrogens (primary N) is 1. The van der Waals surface area contributed by atoms with Gasteiger partial charge in [0.05, 0.1) is 0 Å². The molecule has 0 amide bonds. The Morgan fingerprint density at radius 3 is 2.33 bits per heavy atom. The van der Waals surface area contributed by atoms with E-state index in [-0.39, 0.29) is 0 Å². The summed E-state index contributed by atoms with van der Waals surface area (Å²) in [5, 5.41) is 0. The minimum absolute atomic E-state index is 0.759. The van der Waals surface area contributed by atoms with E-state index in [0.717, 1.165) is 17.9 Å². The Bertz CT molecular complexity index is 223. The summed E-state index contributed by atoms with van der Waals surface area (Å²) in [7, 11) is 0. The van der Waals surface area contributed by atoms with Gasteiger partial charge in [0, 0.05) is 6.54 Å². The molecule has 0 aromatic heterocycles. The standard InChI is InChI=1S/C16H32N2/c1-15(6-5-11-17)14-18-12-9-16(10-13-18)7-3-2-4-8-16/h15H,2-14,17H2,1H3. The van der Waals surface area contributed by atoms with Gasteiger partial charge in [0.25, 0.3) is 0 Å². The Morgan fingerprint density at radius 1 is 1.06 bits per heavy atom. The fourth-order valence-electron chi connectivity index (χ4n) is 4.01. The summed E-state index contributed by atoms with van der Waals surface area (Å²) >= 11 is 0. The third kappa shape index (κ3) is 3.96. The zero-order valence-electron chi connectivity index (χ0n) is 12.3. The first-order valence-corrected chi connectivity index (χ1v) is 8.16. The van der Waals surface area contributed by atoms with Crippen LogP contribution in [0, 0.1) is 11.3 Å². The van der Waals surface area contributed by atoms with Crippen LogP contribution in [0.3, 0.4) is 0 Å². The number of likely N-dealkylation sites (tertiary alicyclic amines) is 1. The van der Waals surface area contributed by atoms with Crippen LogP contribution in [0.4, 0.5) is 0 Å². The molecular weight excluding hydrogens is 220 g/mol. The quantitative estimate of drug-likeness (QED) is 0.812. The Labute approximate surface area is 113 Å². The molecule has 1 heterocycles. The largest absolute Gasteiger partial charge is 0.330 e. The summed E-state index contributed by atoms with van der Waals surface area (Å²) in [4.78, 5) is 2.71. The molecule has 2 N–H and O–H groups in total. The highest BCUT2D eigenvalue weighted by atomic mass is 15.1. The normalized spacial score (nSPS) is 26.3. The van der Waals surface area contributed by atoms with Crippen molar-refractivity contribution in [3.63, 3.8) is 0 Å². The van der Waals surface area contributed by atoms with Gasteiger partial charge in [-0.05, 0) is 69.5 Å². The van der Waals surface area contributed by atoms with Crippen LogP contribution < -0.4 is 5.73 Å². The molecule has 106 valence electrons. The first-order chi connectivity index (χ1) is 8.74. The molecule has 0 bridgehead atoms. The molecule has 1 unspecified atom stereocenters. The fourth-order valence-corrected chi connectivity index (χ4v) is 4.01. The Hall–Kier alpha value is -0.0800. The van der Waals surface area contributed by atoms with Crippen molar-refractivity contribution < 1.29 is 0 Å². The molecule has 2 aliphatic rings. The van der Waals surface area contributed by atoms with E-state index < -0.39 is 0 Å². The van der Waals surface area contributed by atoms with Gasteiger partial charge in [0.2, 0.25) is 0 Å². The van der Waals surface area contributed by atoms with Crippen molar-refractivity contribution in [2.75, 3.05) is 26.2 Å². The maximum atomic E-state index is 5.59. The predicted octanol–water partition coefficient (Wildman–Crippen LogP) is 3.41. The lowest BCUT2D eigenvalue weighted by atomic mass is 9.68. The molecule has 2 fully saturated rings. The summed E-state index contributed by atoms with van der Waals surface area (Å²) in [5.74, 6) is 0.828. The van der Waals surface area contributed by atoms with Crippen LogP contribution >= 0.6 is 0 Å². The number of piperidine rings is 1. The number of nitrogens with zero attached hydrogens (tertiary/aromatic N) is 1. The molecule has 1 atom stereocenters. The highest BCUT2D eigenvalue weighted by Gasteiger charge is 2.35. The van der Waals surface area contributed by atoms with Crippen molar-refractivity contribution in [1.29, 1.82) is 0 Å². The average molecular weight is 252 g/mol. The molecule has 1 aliphatic carbocycles. The lowest BCUT2D eigenvalue weighted by molar-refractivity contribution is 0.0603. The van der Waals surface area contributed by atoms with Crippen molar-refractivity contribution >= 4 is 0 Å². The fraction of sp³-hybridized carbons (Fsp3) is 1.00. The number of rotatable bonds is 5. The van der Waals surface area contributed by atoms with Crippen molar-refractivity contribution in [3.8, 4) is 0 Å². The van der Waals surface area contributed by atoms with Crippen molar-refractivity contribution in [2.24, 2.45) is 17.1 Å². The summed E-state index contributed by atoms with van der Waals surface area (Å²) in [5.41, 5.74) is 6.35. The molecule has 1 saturated carbocycles. The molecule has 0 aromatic carbocycles. The van der Waals surface area contributed by atoms with Crippen molar-refractivity contribution in [3.05, 3.63) is 0 Å². The molecule has 1 saturated heterocycles. The van der Waals surface area contributed by atoms with E-state index in [2.05, 4.69) is 11.8 Å². The van der Waals surface area contributed by atoms with E-state index in [9.17, 15) is 0 Å². The van der Waals surface area contributed by atoms with Crippen LogP contribution in [0.25, 0.3) is 0 Å². The van der Waals surface area contributed by atoms with E-state index in [1.54, 1.807) is 0 Å². The van der Waals surface area contributed by atoms with Crippen molar-refractivity contribution in [1.82, 2.24) is 4.90 Å². The predicted molar refractivity (Wildman–Crippen MR) is 78.6 cm³/mol. The van der Waals surface area contributed by atoms with Crippen LogP contribution in [0.2, 0.25) is 0 Å². The first-order valence-electron chi connectivity index (χ1n) is 8.16. The number of hydrogen-bond acceptors (Lipinski definition) is 2. The van der Waals surface area contributed by atoms with Crippen LogP contribution in [0.15, 0.2) is 0 Å². The molecule has 1 aliphatic heterocycles. The zero-order chi connectivity index (χ0) is 12.8. The first kappa shape index (κ1) is 14.3. The SMILES string of the molecule is CC(CCCN)CN1CCC2(CCCCC2)CC1. The lowest BCUT2D eigenvalue weighted by Crippen LogP contribution is -2.42. The summed E-state index contributed by atoms with van der Waals surface area (Å²) in [6.07, 6.45) is 12.9. The van der Waals surface area contributed by atoms with E-state index in [4.69, 9.17) is 5.73 Å². The Balaban J connectivity index is 1.69. The van der Waals surface area contributed by atoms with Gasteiger partial charge >= 0.3 is 0 Å². The average Bonchev–Trinajstić information content (AvgIpc) is 2.40. The van der Waals surface area contributed by atoms with Gasteiger partial charge in [-0.2, -0.15) is 0 Å². The van der Waals surface area contributed by atoms with Gasteiger partial charge in [0.15, 0.2) is 0 Å². The smallest absolute Gasteiger partial charge is 0.000703 e. The third-order valence-corrected chi connectivity index (χ3v) is 5.30. The van der Waals surface area contributed by atoms with Gasteiger partial charge in [-0.15, -0.1) is 0 Å². The van der Waals surface area contributed by atoms with E-state index in [1.807, 2.05) is 0 Å². The van der Waals surface area contributed by atoms with Crippen molar-refractivity contribution in [2.45, 2.75) is 64.7 Å². The highest BCUT2D eigenvalue weighted by molar-refractivity contribution is 4.88. The van der Waals surface area contributed by atoms with E-state index >= 15 is 0 Å². The van der Waals surface area contributed by atoms with Gasteiger partial charge in [0.1, 0.15) is 0 Å². The maximum absolute atomic E-state index is 5.59. The zero-order valence-corrected chi connectivity index (χ0v) is 12.3. The molecule has 2 heteroatoms. The van der Waals surface area contributed by atoms with Crippen LogP contribution in [-0.2, 0) is 0 Å². The number of hydrogen-bond donors (Lipinski definition) is 1. The monoisotopic (exact) mass is 252 g/mol. The summed E-state index contributed by atoms with van der Waals surface area (Å²) in [6.45, 7) is 7.25. The van der Waals surface area contributed by atoms with Crippen LogP contribution in [0.1, 0.15) is 64.7 Å². The van der Waals surface area contributed by atoms with Gasteiger partial charge in [-0.25, -0.2) is 0 Å². The second kappa shape index (κ2) is 6.91. The topological polar surface area (TPSA) is 29.3 Å². The van der Waals surface area contributed by atoms with E-state index in [0.29, 0.717) is 0 Å². The molecular formula is C16H32N2. The van der Waals surface area contributed by atoms with Crippen LogP contribution in [-0.4, -0.2) is 31.1 Å². The van der Waals surface area contributed by atoms with Crippen LogP contribution in [0.5, 0.6) is 0 Å². The Kier molecular flexibility index (Phi) is 5.50. The van der Waals surface area contributed by atoms with Gasteiger partial charge < -0.3 is 10.6 Å². The Morgan fingerprint density at radius 2 is 1.72 bits per heavy atom. The second-order valence-corrected chi connectivity index (χ2v) is 6.90. The molecule has 1 spiro atoms. The molecule has 2 nitrogen and oxygen atoms in total. The summed E-state index contributed by atoms with van der Waals surface area (Å²) in [6, 6.07) is 0. The maximum Gasteiger partial charge on any atom is 0.000703 e. The molecule has 2 rings (SSSR count). The molecule has 18 heavy (non-hydrogen) atoms. The summed E-state index contributed by atoms with van der Waals surface area (Å²) < 4.78 is 0. The van der Waals surface area contributed by atoms with E-state index in [1.165, 1.54) is 77.4 Å². The second-order valence-electron chi connectivity index (χ2n) is 6.90.